The first-order valence-electron chi connectivity index (χ1n) is 12.0. The summed E-state index contributed by atoms with van der Waals surface area (Å²) in [5.41, 5.74) is 13.6. The first-order chi connectivity index (χ1) is 18.0. The minimum Gasteiger partial charge on any atom is -0.399 e. The number of likely N-dealkylation sites (N-methyl/N-ethyl adjacent to an activating group) is 1. The van der Waals surface area contributed by atoms with Crippen molar-refractivity contribution in [2.75, 3.05) is 25.1 Å². The van der Waals surface area contributed by atoms with Crippen LogP contribution in [0.25, 0.3) is 55.6 Å². The zero-order valence-corrected chi connectivity index (χ0v) is 20.4. The summed E-state index contributed by atoms with van der Waals surface area (Å²) >= 11 is 0. The molecule has 0 spiro atoms. The van der Waals surface area contributed by atoms with Gasteiger partial charge in [-0.25, -0.2) is 9.37 Å². The normalized spacial score (nSPS) is 11.5. The van der Waals surface area contributed by atoms with Gasteiger partial charge in [0.15, 0.2) is 0 Å². The van der Waals surface area contributed by atoms with Crippen LogP contribution < -0.4 is 10.6 Å². The van der Waals surface area contributed by atoms with Crippen LogP contribution in [0.15, 0.2) is 85.4 Å². The summed E-state index contributed by atoms with van der Waals surface area (Å²) in [6.45, 7) is 4.43. The molecule has 0 bridgehead atoms. The van der Waals surface area contributed by atoms with Crippen molar-refractivity contribution in [2.24, 2.45) is 5.73 Å². The van der Waals surface area contributed by atoms with E-state index >= 15 is 0 Å². The highest BCUT2D eigenvalue weighted by Gasteiger charge is 2.19. The molecular formula is C30H26FN5O. The molecule has 0 saturated carbocycles. The minimum absolute atomic E-state index is 0.0252. The number of fused-ring (bicyclic) bond motifs is 4. The van der Waals surface area contributed by atoms with E-state index in [-0.39, 0.29) is 12.4 Å². The summed E-state index contributed by atoms with van der Waals surface area (Å²) in [6.07, 6.45) is 0. The number of rotatable bonds is 6. The molecule has 4 aromatic carbocycles. The summed E-state index contributed by atoms with van der Waals surface area (Å²) in [6, 6.07) is 25.0. The van der Waals surface area contributed by atoms with Crippen LogP contribution in [0.4, 0.5) is 10.1 Å². The third kappa shape index (κ3) is 3.72. The smallest absolute Gasteiger partial charge is 0.139 e. The van der Waals surface area contributed by atoms with Gasteiger partial charge in [0, 0.05) is 52.6 Å². The van der Waals surface area contributed by atoms with E-state index in [4.69, 9.17) is 10.7 Å². The molecule has 0 unspecified atom stereocenters. The molecule has 0 aliphatic heterocycles. The molecule has 6 nitrogen and oxygen atoms in total. The van der Waals surface area contributed by atoms with Crippen molar-refractivity contribution in [1.29, 1.82) is 0 Å². The van der Waals surface area contributed by atoms with E-state index in [1.165, 1.54) is 12.1 Å². The predicted octanol–water partition coefficient (Wildman–Crippen LogP) is 5.82. The summed E-state index contributed by atoms with van der Waals surface area (Å²) in [4.78, 5) is 10.0. The maximum Gasteiger partial charge on any atom is 0.139 e. The molecule has 6 aromatic rings. The van der Waals surface area contributed by atoms with Crippen LogP contribution in [-0.2, 0) is 0 Å². The fourth-order valence-electron chi connectivity index (χ4n) is 5.12. The van der Waals surface area contributed by atoms with E-state index in [1.54, 1.807) is 6.07 Å². The van der Waals surface area contributed by atoms with Gasteiger partial charge in [-0.1, -0.05) is 36.9 Å². The molecule has 184 valence electrons. The second-order valence-electron chi connectivity index (χ2n) is 9.17. The maximum atomic E-state index is 13.8. The highest BCUT2D eigenvalue weighted by molar-refractivity contribution is 6.15. The number of anilines is 1. The first-order valence-corrected chi connectivity index (χ1v) is 12.0. The minimum atomic E-state index is -0.303. The molecule has 6 rings (SSSR count). The fourth-order valence-corrected chi connectivity index (χ4v) is 5.12. The fraction of sp³-hybridized carbons (Fsp3) is 0.100. The lowest BCUT2D eigenvalue weighted by Crippen LogP contribution is -2.23. The molecule has 4 N–H and O–H groups in total. The summed E-state index contributed by atoms with van der Waals surface area (Å²) < 4.78 is 16.1. The number of nitrogens with zero attached hydrogens (tertiary/aromatic N) is 3. The first kappa shape index (κ1) is 22.8. The van der Waals surface area contributed by atoms with Crippen LogP contribution in [0.2, 0.25) is 0 Å². The topological polar surface area (TPSA) is 83.1 Å². The Bertz CT molecular complexity index is 1820. The number of hydrogen-bond donors (Lipinski definition) is 3. The third-order valence-electron chi connectivity index (χ3n) is 6.83. The molecular weight excluding hydrogens is 465 g/mol. The van der Waals surface area contributed by atoms with Gasteiger partial charge in [-0.2, -0.15) is 0 Å². The Morgan fingerprint density at radius 3 is 2.68 bits per heavy atom. The Morgan fingerprint density at radius 2 is 1.86 bits per heavy atom. The number of nitrogens with two attached hydrogens (primary N) is 1. The monoisotopic (exact) mass is 491 g/mol. The van der Waals surface area contributed by atoms with Gasteiger partial charge in [0.25, 0.3) is 0 Å². The number of benzene rings is 4. The van der Waals surface area contributed by atoms with Crippen molar-refractivity contribution < 1.29 is 9.50 Å². The van der Waals surface area contributed by atoms with Crippen LogP contribution >= 0.6 is 0 Å². The highest BCUT2D eigenvalue weighted by atomic mass is 19.1. The van der Waals surface area contributed by atoms with E-state index in [9.17, 15) is 9.50 Å². The van der Waals surface area contributed by atoms with Crippen molar-refractivity contribution in [1.82, 2.24) is 14.5 Å². The van der Waals surface area contributed by atoms with Gasteiger partial charge in [0.2, 0.25) is 0 Å². The Kier molecular flexibility index (Phi) is 5.43. The zero-order chi connectivity index (χ0) is 25.7. The molecule has 0 aliphatic carbocycles. The largest absolute Gasteiger partial charge is 0.399 e. The van der Waals surface area contributed by atoms with E-state index in [0.717, 1.165) is 44.3 Å². The second-order valence-corrected chi connectivity index (χ2v) is 9.17. The third-order valence-corrected chi connectivity index (χ3v) is 6.83. The van der Waals surface area contributed by atoms with Crippen LogP contribution in [0.3, 0.4) is 0 Å². The van der Waals surface area contributed by atoms with Crippen molar-refractivity contribution in [3.63, 3.8) is 0 Å². The lowest BCUT2D eigenvalue weighted by molar-refractivity contribution is 0.304. The quantitative estimate of drug-likeness (QED) is 0.274. The van der Waals surface area contributed by atoms with Gasteiger partial charge < -0.3 is 25.3 Å². The Labute approximate surface area is 213 Å². The van der Waals surface area contributed by atoms with Gasteiger partial charge in [-0.15, -0.1) is 0 Å². The van der Waals surface area contributed by atoms with Crippen LogP contribution in [-0.4, -0.2) is 39.8 Å². The lowest BCUT2D eigenvalue weighted by Gasteiger charge is -2.23. The molecule has 0 fully saturated rings. The van der Waals surface area contributed by atoms with Crippen molar-refractivity contribution in [2.45, 2.75) is 0 Å². The number of halogens is 1. The molecule has 7 heteroatoms. The average molecular weight is 492 g/mol. The number of nitrogens with one attached hydrogen (secondary N) is 1. The van der Waals surface area contributed by atoms with Crippen LogP contribution in [0.1, 0.15) is 5.56 Å². The molecule has 0 aliphatic rings. The molecule has 2 heterocycles. The SMILES string of the molecule is C=C(N)c1ccc(-n2c3ccccc3c3c(-c4nc5ccc(F)cc5[nH]4)cccc32)cc1N(C)CCO. The van der Waals surface area contributed by atoms with Crippen molar-refractivity contribution in [3.05, 3.63) is 96.8 Å². The summed E-state index contributed by atoms with van der Waals surface area (Å²) in [5.74, 6) is 0.385. The second kappa shape index (κ2) is 8.80. The number of para-hydroxylation sites is 1. The Morgan fingerprint density at radius 1 is 1.05 bits per heavy atom. The number of hydrogen-bond acceptors (Lipinski definition) is 4. The highest BCUT2D eigenvalue weighted by Crippen LogP contribution is 2.39. The van der Waals surface area contributed by atoms with E-state index in [2.05, 4.69) is 40.4 Å². The number of aromatic amines is 1. The summed E-state index contributed by atoms with van der Waals surface area (Å²) in [5, 5.41) is 11.7. The van der Waals surface area contributed by atoms with Gasteiger partial charge in [0.1, 0.15) is 11.6 Å². The predicted molar refractivity (Wildman–Crippen MR) is 149 cm³/mol. The maximum absolute atomic E-state index is 13.8. The molecule has 0 amide bonds. The Balaban J connectivity index is 1.63. The van der Waals surface area contributed by atoms with Crippen molar-refractivity contribution >= 4 is 44.2 Å². The van der Waals surface area contributed by atoms with Gasteiger partial charge in [-0.3, -0.25) is 0 Å². The average Bonchev–Trinajstić information content (AvgIpc) is 3.47. The van der Waals surface area contributed by atoms with Crippen LogP contribution in [0, 0.1) is 5.82 Å². The Hall–Kier alpha value is -4.62. The lowest BCUT2D eigenvalue weighted by atomic mass is 10.1. The molecule has 0 saturated heterocycles. The van der Waals surface area contributed by atoms with Gasteiger partial charge >= 0.3 is 0 Å². The standard InChI is InChI=1S/C30H26FN5O/c1-18(32)21-12-11-20(17-28(21)35(2)14-15-37)36-26-8-4-3-6-22(26)29-23(7-5-9-27(29)36)30-33-24-13-10-19(31)16-25(24)34-30/h3-13,16-17,37H,1,14-15,32H2,2H3,(H,33,34). The van der Waals surface area contributed by atoms with E-state index in [1.807, 2.05) is 48.3 Å². The van der Waals surface area contributed by atoms with E-state index in [0.29, 0.717) is 29.1 Å². The molecule has 37 heavy (non-hydrogen) atoms. The number of aliphatic hydroxyl groups is 1. The number of aromatic nitrogens is 3. The van der Waals surface area contributed by atoms with Gasteiger partial charge in [0.05, 0.1) is 28.7 Å². The molecule has 0 radical (unpaired) electrons. The van der Waals surface area contributed by atoms with Gasteiger partial charge in [-0.05, 0) is 48.5 Å². The van der Waals surface area contributed by atoms with E-state index < -0.39 is 0 Å². The van der Waals surface area contributed by atoms with Crippen molar-refractivity contribution in [3.8, 4) is 17.1 Å². The zero-order valence-electron chi connectivity index (χ0n) is 20.4. The number of H-pyrrole nitrogens is 1. The molecule has 2 aromatic heterocycles. The number of imidazole rings is 1. The molecule has 0 atom stereocenters. The van der Waals surface area contributed by atoms with Crippen LogP contribution in [0.5, 0.6) is 0 Å². The summed E-state index contributed by atoms with van der Waals surface area (Å²) in [7, 11) is 1.93. The number of aliphatic hydroxyl groups excluding tert-OH is 1.